The lowest BCUT2D eigenvalue weighted by atomic mass is 10.1. The molecule has 0 unspecified atom stereocenters. The number of amides is 1. The molecule has 5 heteroatoms. The van der Waals surface area contributed by atoms with Crippen molar-refractivity contribution in [2.75, 3.05) is 6.61 Å². The van der Waals surface area contributed by atoms with E-state index in [1.54, 1.807) is 24.3 Å². The van der Waals surface area contributed by atoms with Gasteiger partial charge in [0.15, 0.2) is 5.76 Å². The van der Waals surface area contributed by atoms with Crippen LogP contribution in [0.1, 0.15) is 17.0 Å². The average molecular weight is 292 g/mol. The number of hydrogen-bond donors (Lipinski definition) is 2. The molecule has 0 radical (unpaired) electrons. The van der Waals surface area contributed by atoms with Gasteiger partial charge < -0.3 is 14.8 Å². The Morgan fingerprint density at radius 1 is 1.40 bits per heavy atom. The van der Waals surface area contributed by atoms with Gasteiger partial charge in [-0.15, -0.1) is 0 Å². The fourth-order valence-corrected chi connectivity index (χ4v) is 2.56. The summed E-state index contributed by atoms with van der Waals surface area (Å²) in [5.74, 6) is 0.128. The van der Waals surface area contributed by atoms with Gasteiger partial charge in [0.25, 0.3) is 5.91 Å². The van der Waals surface area contributed by atoms with Crippen LogP contribution in [0.5, 0.6) is 0 Å². The lowest BCUT2D eigenvalue weighted by molar-refractivity contribution is 0.0915. The molecule has 0 spiro atoms. The van der Waals surface area contributed by atoms with Crippen LogP contribution in [0.25, 0.3) is 11.0 Å². The number of aliphatic hydroxyl groups is 1. The third-order valence-electron chi connectivity index (χ3n) is 3.43. The first-order valence-electron chi connectivity index (χ1n) is 6.45. The summed E-state index contributed by atoms with van der Waals surface area (Å²) in [6.07, 6.45) is 4.54. The highest BCUT2D eigenvalue weighted by Gasteiger charge is 2.21. The topological polar surface area (TPSA) is 62.5 Å². The molecule has 0 aliphatic heterocycles. The van der Waals surface area contributed by atoms with E-state index >= 15 is 0 Å². The number of benzene rings is 1. The van der Waals surface area contributed by atoms with Gasteiger partial charge in [-0.2, -0.15) is 0 Å². The van der Waals surface area contributed by atoms with Crippen molar-refractivity contribution in [3.63, 3.8) is 0 Å². The van der Waals surface area contributed by atoms with Gasteiger partial charge in [-0.1, -0.05) is 23.8 Å². The van der Waals surface area contributed by atoms with Gasteiger partial charge in [0, 0.05) is 29.0 Å². The molecule has 0 fully saturated rings. The molecule has 104 valence electrons. The molecule has 1 aromatic carbocycles. The second-order valence-corrected chi connectivity index (χ2v) is 5.37. The van der Waals surface area contributed by atoms with Crippen LogP contribution in [0, 0.1) is 5.92 Å². The first-order valence-corrected chi connectivity index (χ1v) is 6.82. The van der Waals surface area contributed by atoms with E-state index in [1.807, 2.05) is 12.2 Å². The van der Waals surface area contributed by atoms with Gasteiger partial charge in [-0.3, -0.25) is 4.79 Å². The van der Waals surface area contributed by atoms with Crippen LogP contribution >= 0.6 is 11.6 Å². The fraction of sp³-hybridized carbons (Fsp3) is 0.267. The predicted molar refractivity (Wildman–Crippen MR) is 76.8 cm³/mol. The normalized spacial score (nSPS) is 21.5. The summed E-state index contributed by atoms with van der Waals surface area (Å²) < 4.78 is 5.50. The molecule has 0 bridgehead atoms. The number of hydrogen-bond acceptors (Lipinski definition) is 3. The standard InChI is InChI=1S/C15H14ClNO3/c16-11-2-4-13-10(6-11)7-14(20-13)15(19)17-12-3-1-9(5-12)8-18/h1-4,6-7,9,12,18H,5,8H2,(H,17,19)/t9-,12+/m0/s1. The van der Waals surface area contributed by atoms with Gasteiger partial charge >= 0.3 is 0 Å². The number of halogens is 1. The minimum absolute atomic E-state index is 0.0588. The third-order valence-corrected chi connectivity index (χ3v) is 3.66. The second-order valence-electron chi connectivity index (χ2n) is 4.94. The molecule has 2 atom stereocenters. The molecule has 1 aromatic heterocycles. The number of aliphatic hydroxyl groups excluding tert-OH is 1. The summed E-state index contributed by atoms with van der Waals surface area (Å²) in [4.78, 5) is 12.1. The summed E-state index contributed by atoms with van der Waals surface area (Å²) >= 11 is 5.90. The van der Waals surface area contributed by atoms with Crippen molar-refractivity contribution in [3.8, 4) is 0 Å². The Kier molecular flexibility index (Phi) is 3.51. The highest BCUT2D eigenvalue weighted by molar-refractivity contribution is 6.31. The Bertz CT molecular complexity index is 677. The monoisotopic (exact) mass is 291 g/mol. The molecular weight excluding hydrogens is 278 g/mol. The summed E-state index contributed by atoms with van der Waals surface area (Å²) in [6, 6.07) is 6.84. The largest absolute Gasteiger partial charge is 0.451 e. The van der Waals surface area contributed by atoms with E-state index in [-0.39, 0.29) is 30.2 Å². The molecule has 4 nitrogen and oxygen atoms in total. The fourth-order valence-electron chi connectivity index (χ4n) is 2.38. The van der Waals surface area contributed by atoms with Gasteiger partial charge in [0.2, 0.25) is 0 Å². The van der Waals surface area contributed by atoms with E-state index in [0.717, 1.165) is 5.39 Å². The van der Waals surface area contributed by atoms with Crippen molar-refractivity contribution in [2.45, 2.75) is 12.5 Å². The van der Waals surface area contributed by atoms with Crippen LogP contribution < -0.4 is 5.32 Å². The maximum atomic E-state index is 12.1. The molecule has 1 aliphatic carbocycles. The molecule has 2 N–H and O–H groups in total. The molecule has 0 saturated carbocycles. The van der Waals surface area contributed by atoms with Crippen molar-refractivity contribution in [2.24, 2.45) is 5.92 Å². The van der Waals surface area contributed by atoms with Crippen molar-refractivity contribution in [3.05, 3.63) is 47.2 Å². The lowest BCUT2D eigenvalue weighted by Crippen LogP contribution is -2.32. The molecule has 1 heterocycles. The van der Waals surface area contributed by atoms with Crippen LogP contribution in [0.15, 0.2) is 40.8 Å². The molecule has 1 aliphatic rings. The maximum absolute atomic E-state index is 12.1. The highest BCUT2D eigenvalue weighted by Crippen LogP contribution is 2.23. The molecule has 1 amide bonds. The Balaban J connectivity index is 1.74. The number of carbonyl (C=O) groups is 1. The van der Waals surface area contributed by atoms with Crippen molar-refractivity contribution >= 4 is 28.5 Å². The van der Waals surface area contributed by atoms with Crippen LogP contribution in [0.4, 0.5) is 0 Å². The Morgan fingerprint density at radius 2 is 2.25 bits per heavy atom. The van der Waals surface area contributed by atoms with E-state index in [2.05, 4.69) is 5.32 Å². The number of furan rings is 1. The summed E-state index contributed by atoms with van der Waals surface area (Å²) in [6.45, 7) is 0.103. The predicted octanol–water partition coefficient (Wildman–Crippen LogP) is 2.75. The van der Waals surface area contributed by atoms with Crippen molar-refractivity contribution in [1.82, 2.24) is 5.32 Å². The van der Waals surface area contributed by atoms with Gasteiger partial charge in [-0.05, 0) is 30.7 Å². The summed E-state index contributed by atoms with van der Waals surface area (Å²) in [5, 5.41) is 13.3. The Morgan fingerprint density at radius 3 is 3.00 bits per heavy atom. The third kappa shape index (κ3) is 2.57. The summed E-state index contributed by atoms with van der Waals surface area (Å²) in [5.41, 5.74) is 0.634. The zero-order valence-electron chi connectivity index (χ0n) is 10.7. The Labute approximate surface area is 121 Å². The van der Waals surface area contributed by atoms with Crippen LogP contribution in [0.2, 0.25) is 5.02 Å². The van der Waals surface area contributed by atoms with Crippen molar-refractivity contribution < 1.29 is 14.3 Å². The minimum Gasteiger partial charge on any atom is -0.451 e. The smallest absolute Gasteiger partial charge is 0.287 e. The minimum atomic E-state index is -0.259. The molecule has 2 aromatic rings. The molecule has 20 heavy (non-hydrogen) atoms. The van der Waals surface area contributed by atoms with Gasteiger partial charge in [-0.25, -0.2) is 0 Å². The van der Waals surface area contributed by atoms with Gasteiger partial charge in [0.05, 0.1) is 0 Å². The summed E-state index contributed by atoms with van der Waals surface area (Å²) in [7, 11) is 0. The zero-order valence-corrected chi connectivity index (χ0v) is 11.4. The maximum Gasteiger partial charge on any atom is 0.287 e. The van der Waals surface area contributed by atoms with E-state index in [1.165, 1.54) is 0 Å². The number of rotatable bonds is 3. The van der Waals surface area contributed by atoms with Crippen LogP contribution in [0.3, 0.4) is 0 Å². The average Bonchev–Trinajstić information content (AvgIpc) is 3.04. The zero-order chi connectivity index (χ0) is 14.1. The lowest BCUT2D eigenvalue weighted by Gasteiger charge is -2.11. The molecule has 0 saturated heterocycles. The van der Waals surface area contributed by atoms with Crippen molar-refractivity contribution in [1.29, 1.82) is 0 Å². The second kappa shape index (κ2) is 5.31. The van der Waals surface area contributed by atoms with E-state index in [9.17, 15) is 4.79 Å². The SMILES string of the molecule is O=C(N[C@@H]1C=C[C@H](CO)C1)c1cc2cc(Cl)ccc2o1. The van der Waals surface area contributed by atoms with Gasteiger partial charge in [0.1, 0.15) is 5.58 Å². The van der Waals surface area contributed by atoms with E-state index < -0.39 is 0 Å². The first-order chi connectivity index (χ1) is 9.65. The number of nitrogens with one attached hydrogen (secondary N) is 1. The quantitative estimate of drug-likeness (QED) is 0.855. The number of carbonyl (C=O) groups excluding carboxylic acids is 1. The van der Waals surface area contributed by atoms with E-state index in [4.69, 9.17) is 21.1 Å². The first kappa shape index (κ1) is 13.2. The Hall–Kier alpha value is -1.78. The highest BCUT2D eigenvalue weighted by atomic mass is 35.5. The van der Waals surface area contributed by atoms with Crippen LogP contribution in [-0.4, -0.2) is 23.7 Å². The van der Waals surface area contributed by atoms with Crippen LogP contribution in [-0.2, 0) is 0 Å². The van der Waals surface area contributed by atoms with E-state index in [0.29, 0.717) is 17.0 Å². The molecule has 3 rings (SSSR count). The number of fused-ring (bicyclic) bond motifs is 1. The molecular formula is C15H14ClNO3.